The van der Waals surface area contributed by atoms with Crippen LogP contribution < -0.4 is 9.54 Å². The lowest BCUT2D eigenvalue weighted by Gasteiger charge is -2.30. The van der Waals surface area contributed by atoms with Gasteiger partial charge in [0.2, 0.25) is 5.91 Å². The number of hydrogen-bond donors (Lipinski definition) is 0. The summed E-state index contributed by atoms with van der Waals surface area (Å²) in [5.74, 6) is 1.00. The number of hydrogen-bond acceptors (Lipinski definition) is 7. The maximum Gasteiger partial charge on any atom is 0.325 e. The van der Waals surface area contributed by atoms with Crippen molar-refractivity contribution in [2.24, 2.45) is 10.9 Å². The molecule has 2 amide bonds. The summed E-state index contributed by atoms with van der Waals surface area (Å²) in [4.78, 5) is 43.1. The van der Waals surface area contributed by atoms with Gasteiger partial charge in [-0.3, -0.25) is 14.4 Å². The molecule has 1 aromatic carbocycles. The molecule has 3 rings (SSSR count). The van der Waals surface area contributed by atoms with Crippen LogP contribution in [0.25, 0.3) is 10.2 Å². The Labute approximate surface area is 189 Å². The molecule has 0 N–H and O–H groups in total. The first-order valence-electron chi connectivity index (χ1n) is 10.1. The standard InChI is InChI=1S/C21H27N3O5S2/c1-14-6-8-23(9-7-14)19(26)13-30-12-18(25)22-21-24(11-20(27)29-3)16-5-4-15(28-2)10-17(16)31-21/h4-5,10,14H,6-9,11-13H2,1-3H3. The van der Waals surface area contributed by atoms with Gasteiger partial charge in [0.15, 0.2) is 4.80 Å². The second kappa shape index (κ2) is 10.8. The Morgan fingerprint density at radius 1 is 1.19 bits per heavy atom. The highest BCUT2D eigenvalue weighted by Crippen LogP contribution is 2.23. The van der Waals surface area contributed by atoms with Gasteiger partial charge in [-0.15, -0.1) is 11.8 Å². The molecular formula is C21H27N3O5S2. The minimum absolute atomic E-state index is 0.0477. The van der Waals surface area contributed by atoms with Gasteiger partial charge in [0.05, 0.1) is 35.9 Å². The van der Waals surface area contributed by atoms with E-state index in [0.29, 0.717) is 16.5 Å². The van der Waals surface area contributed by atoms with Gasteiger partial charge in [0.25, 0.3) is 5.91 Å². The zero-order chi connectivity index (χ0) is 22.4. The maximum atomic E-state index is 12.5. The predicted octanol–water partition coefficient (Wildman–Crippen LogP) is 2.30. The van der Waals surface area contributed by atoms with Crippen molar-refractivity contribution in [1.82, 2.24) is 9.47 Å². The van der Waals surface area contributed by atoms with Gasteiger partial charge in [-0.25, -0.2) is 0 Å². The molecule has 1 fully saturated rings. The Morgan fingerprint density at radius 3 is 2.61 bits per heavy atom. The van der Waals surface area contributed by atoms with E-state index in [9.17, 15) is 14.4 Å². The van der Waals surface area contributed by atoms with Crippen molar-refractivity contribution in [2.45, 2.75) is 26.3 Å². The van der Waals surface area contributed by atoms with Crippen LogP contribution in [0.3, 0.4) is 0 Å². The zero-order valence-corrected chi connectivity index (χ0v) is 19.6. The average molecular weight is 466 g/mol. The fraction of sp³-hybridized carbons (Fsp3) is 0.524. The second-order valence-corrected chi connectivity index (χ2v) is 9.44. The number of nitrogens with zero attached hydrogens (tertiary/aromatic N) is 3. The van der Waals surface area contributed by atoms with Crippen molar-refractivity contribution < 1.29 is 23.9 Å². The number of methoxy groups -OCH3 is 2. The Kier molecular flexibility index (Phi) is 8.14. The average Bonchev–Trinajstić information content (AvgIpc) is 3.09. The van der Waals surface area contributed by atoms with E-state index >= 15 is 0 Å². The van der Waals surface area contributed by atoms with Gasteiger partial charge in [-0.1, -0.05) is 18.3 Å². The lowest BCUT2D eigenvalue weighted by molar-refractivity contribution is -0.141. The second-order valence-electron chi connectivity index (χ2n) is 7.44. The molecule has 31 heavy (non-hydrogen) atoms. The minimum atomic E-state index is -0.430. The number of thioether (sulfide) groups is 1. The van der Waals surface area contributed by atoms with Crippen molar-refractivity contribution in [1.29, 1.82) is 0 Å². The van der Waals surface area contributed by atoms with Gasteiger partial charge in [-0.2, -0.15) is 4.99 Å². The van der Waals surface area contributed by atoms with Gasteiger partial charge in [0.1, 0.15) is 12.3 Å². The Bertz CT molecular complexity index is 1020. The molecule has 0 unspecified atom stereocenters. The van der Waals surface area contributed by atoms with Crippen LogP contribution in [0.2, 0.25) is 0 Å². The summed E-state index contributed by atoms with van der Waals surface area (Å²) in [6.07, 6.45) is 2.06. The summed E-state index contributed by atoms with van der Waals surface area (Å²) in [6, 6.07) is 5.45. The summed E-state index contributed by atoms with van der Waals surface area (Å²) in [5.41, 5.74) is 0.768. The summed E-state index contributed by atoms with van der Waals surface area (Å²) in [7, 11) is 2.90. The summed E-state index contributed by atoms with van der Waals surface area (Å²) < 4.78 is 12.5. The summed E-state index contributed by atoms with van der Waals surface area (Å²) in [5, 5.41) is 0. The van der Waals surface area contributed by atoms with Crippen LogP contribution in [-0.4, -0.2) is 66.1 Å². The highest BCUT2D eigenvalue weighted by molar-refractivity contribution is 8.00. The molecule has 1 aliphatic rings. The molecule has 1 aromatic heterocycles. The minimum Gasteiger partial charge on any atom is -0.497 e. The van der Waals surface area contributed by atoms with E-state index in [1.54, 1.807) is 17.7 Å². The topological polar surface area (TPSA) is 90.2 Å². The van der Waals surface area contributed by atoms with Crippen LogP contribution in [0.1, 0.15) is 19.8 Å². The Balaban J connectivity index is 1.69. The van der Waals surface area contributed by atoms with Crippen LogP contribution in [0.4, 0.5) is 0 Å². The molecule has 2 aromatic rings. The van der Waals surface area contributed by atoms with E-state index in [-0.39, 0.29) is 29.9 Å². The number of fused-ring (bicyclic) bond motifs is 1. The number of carbonyl (C=O) groups excluding carboxylic acids is 3. The molecule has 0 radical (unpaired) electrons. The molecule has 0 spiro atoms. The molecule has 10 heteroatoms. The lowest BCUT2D eigenvalue weighted by atomic mass is 9.99. The molecular weight excluding hydrogens is 438 g/mol. The number of ether oxygens (including phenoxy) is 2. The number of thiazole rings is 1. The lowest BCUT2D eigenvalue weighted by Crippen LogP contribution is -2.39. The molecule has 0 atom stereocenters. The molecule has 2 heterocycles. The summed E-state index contributed by atoms with van der Waals surface area (Å²) in [6.45, 7) is 3.73. The number of benzene rings is 1. The normalized spacial score (nSPS) is 15.3. The number of rotatable bonds is 7. The number of aromatic nitrogens is 1. The number of esters is 1. The van der Waals surface area contributed by atoms with E-state index in [0.717, 1.165) is 36.1 Å². The predicted molar refractivity (Wildman–Crippen MR) is 121 cm³/mol. The first kappa shape index (κ1) is 23.3. The number of carbonyl (C=O) groups is 3. The van der Waals surface area contributed by atoms with Crippen LogP contribution in [0.5, 0.6) is 5.75 Å². The molecule has 1 aliphatic heterocycles. The van der Waals surface area contributed by atoms with Crippen molar-refractivity contribution in [3.63, 3.8) is 0 Å². The van der Waals surface area contributed by atoms with Crippen molar-refractivity contribution >= 4 is 51.1 Å². The van der Waals surface area contributed by atoms with Crippen LogP contribution in [0, 0.1) is 5.92 Å². The van der Waals surface area contributed by atoms with Crippen molar-refractivity contribution in [3.05, 3.63) is 23.0 Å². The van der Waals surface area contributed by atoms with Gasteiger partial charge >= 0.3 is 5.97 Å². The van der Waals surface area contributed by atoms with E-state index < -0.39 is 5.97 Å². The smallest absolute Gasteiger partial charge is 0.325 e. The highest BCUT2D eigenvalue weighted by Gasteiger charge is 2.20. The number of piperidine rings is 1. The maximum absolute atomic E-state index is 12.5. The van der Waals surface area contributed by atoms with E-state index in [1.807, 2.05) is 17.0 Å². The third-order valence-electron chi connectivity index (χ3n) is 5.21. The highest BCUT2D eigenvalue weighted by atomic mass is 32.2. The van der Waals surface area contributed by atoms with Gasteiger partial charge in [-0.05, 0) is 37.0 Å². The molecule has 0 saturated carbocycles. The zero-order valence-electron chi connectivity index (χ0n) is 18.0. The molecule has 0 aliphatic carbocycles. The van der Waals surface area contributed by atoms with Crippen LogP contribution in [-0.2, 0) is 25.7 Å². The molecule has 168 valence electrons. The largest absolute Gasteiger partial charge is 0.497 e. The van der Waals surface area contributed by atoms with Crippen LogP contribution >= 0.6 is 23.1 Å². The summed E-state index contributed by atoms with van der Waals surface area (Å²) >= 11 is 2.57. The van der Waals surface area contributed by atoms with Gasteiger partial charge in [0, 0.05) is 13.1 Å². The van der Waals surface area contributed by atoms with Gasteiger partial charge < -0.3 is 18.9 Å². The first-order valence-corrected chi connectivity index (χ1v) is 12.1. The molecule has 0 bridgehead atoms. The van der Waals surface area contributed by atoms with Crippen molar-refractivity contribution in [3.8, 4) is 5.75 Å². The third kappa shape index (κ3) is 6.10. The first-order chi connectivity index (χ1) is 14.9. The Hall–Kier alpha value is -2.33. The molecule has 1 saturated heterocycles. The van der Waals surface area contributed by atoms with Crippen molar-refractivity contribution in [2.75, 3.05) is 38.8 Å². The number of amides is 2. The fourth-order valence-corrected chi connectivity index (χ4v) is 5.10. The van der Waals surface area contributed by atoms with Crippen LogP contribution in [0.15, 0.2) is 23.2 Å². The monoisotopic (exact) mass is 465 g/mol. The fourth-order valence-electron chi connectivity index (χ4n) is 3.33. The van der Waals surface area contributed by atoms with E-state index in [4.69, 9.17) is 9.47 Å². The van der Waals surface area contributed by atoms with E-state index in [1.165, 1.54) is 30.2 Å². The third-order valence-corrected chi connectivity index (χ3v) is 7.16. The quantitative estimate of drug-likeness (QED) is 0.583. The Morgan fingerprint density at radius 2 is 1.94 bits per heavy atom. The number of likely N-dealkylation sites (tertiary alicyclic amines) is 1. The van der Waals surface area contributed by atoms with E-state index in [2.05, 4.69) is 11.9 Å². The molecule has 8 nitrogen and oxygen atoms in total. The SMILES string of the molecule is COC(=O)Cn1c(=NC(=O)CSCC(=O)N2CCC(C)CC2)sc2cc(OC)ccc21.